The van der Waals surface area contributed by atoms with Gasteiger partial charge in [-0.15, -0.1) is 0 Å². The molecule has 0 saturated heterocycles. The second kappa shape index (κ2) is 20.5. The average Bonchev–Trinajstić information content (AvgIpc) is 2.67. The summed E-state index contributed by atoms with van der Waals surface area (Å²) in [6.07, 6.45) is 4.01. The zero-order chi connectivity index (χ0) is 17.9. The molecule has 0 amide bonds. The van der Waals surface area contributed by atoms with Gasteiger partial charge in [-0.1, -0.05) is 61.2 Å². The molecule has 2 rings (SSSR count). The minimum atomic E-state index is 0. The molecule has 0 aromatic heterocycles. The van der Waals surface area contributed by atoms with Crippen LogP contribution in [-0.4, -0.2) is 0 Å². The van der Waals surface area contributed by atoms with E-state index in [1.807, 2.05) is 60.7 Å². The molecule has 2 aromatic carbocycles. The first-order valence-electron chi connectivity index (χ1n) is 6.20. The quantitative estimate of drug-likeness (QED) is 0.377. The van der Waals surface area contributed by atoms with Crippen LogP contribution in [0.4, 0.5) is 5.69 Å². The third-order valence-corrected chi connectivity index (χ3v) is 2.36. The van der Waals surface area contributed by atoms with E-state index in [-0.39, 0.29) is 17.1 Å². The molecule has 2 aromatic rings. The smallest absolute Gasteiger partial charge is 0 e. The van der Waals surface area contributed by atoms with Crippen molar-refractivity contribution in [2.24, 2.45) is 0 Å². The van der Waals surface area contributed by atoms with Gasteiger partial charge in [0.15, 0.2) is 0 Å². The van der Waals surface area contributed by atoms with Crippen LogP contribution in [0.2, 0.25) is 0 Å². The van der Waals surface area contributed by atoms with Gasteiger partial charge in [0, 0.05) is 28.5 Å². The summed E-state index contributed by atoms with van der Waals surface area (Å²) >= 11 is 0. The molecule has 0 aliphatic carbocycles. The van der Waals surface area contributed by atoms with E-state index in [1.165, 1.54) is 5.56 Å². The number of hydrogen-bond donors (Lipinski definition) is 1. The first-order valence-corrected chi connectivity index (χ1v) is 6.20. The SMILES string of the molecule is C=C(/C=C/c1ccccc1)Nc1ccccc1.[C-]#[O+].[C-]#[O+].[C-]#[O+].[Fe]. The molecule has 0 spiro atoms. The average molecular weight is 361 g/mol. The minimum Gasteiger partial charge on any atom is 0 e. The molecule has 122 valence electrons. The Hall–Kier alpha value is -2.54. The van der Waals surface area contributed by atoms with Gasteiger partial charge < -0.3 is 5.32 Å². The topological polar surface area (TPSA) is 71.7 Å². The van der Waals surface area contributed by atoms with Crippen LogP contribution >= 0.6 is 0 Å². The van der Waals surface area contributed by atoms with Crippen molar-refractivity contribution < 1.29 is 31.0 Å². The zero-order valence-electron chi connectivity index (χ0n) is 12.7. The number of anilines is 1. The minimum absolute atomic E-state index is 0. The van der Waals surface area contributed by atoms with Crippen LogP contribution in [0.5, 0.6) is 0 Å². The van der Waals surface area contributed by atoms with Crippen molar-refractivity contribution in [3.63, 3.8) is 0 Å². The molecule has 0 bridgehead atoms. The monoisotopic (exact) mass is 361 g/mol. The number of hydrogen-bond acceptors (Lipinski definition) is 1. The predicted octanol–water partition coefficient (Wildman–Crippen LogP) is 4.21. The van der Waals surface area contributed by atoms with Gasteiger partial charge in [0.25, 0.3) is 0 Å². The fourth-order valence-corrected chi connectivity index (χ4v) is 1.51. The molecule has 5 heteroatoms. The van der Waals surface area contributed by atoms with E-state index in [0.717, 1.165) is 11.4 Å². The number of benzene rings is 2. The van der Waals surface area contributed by atoms with Crippen molar-refractivity contribution in [1.29, 1.82) is 0 Å². The van der Waals surface area contributed by atoms with Gasteiger partial charge in [0.2, 0.25) is 0 Å². The van der Waals surface area contributed by atoms with Gasteiger partial charge in [0.1, 0.15) is 0 Å². The molecule has 0 unspecified atom stereocenters. The Balaban J connectivity index is -0.000000569. The number of allylic oxidation sites excluding steroid dienone is 1. The van der Waals surface area contributed by atoms with Crippen molar-refractivity contribution >= 4 is 11.8 Å². The molecule has 0 atom stereocenters. The zero-order valence-corrected chi connectivity index (χ0v) is 13.8. The van der Waals surface area contributed by atoms with E-state index in [1.54, 1.807) is 0 Å². The molecule has 24 heavy (non-hydrogen) atoms. The van der Waals surface area contributed by atoms with Crippen LogP contribution in [0.1, 0.15) is 5.56 Å². The maximum absolute atomic E-state index is 7.50. The Morgan fingerprint density at radius 1 is 0.792 bits per heavy atom. The van der Waals surface area contributed by atoms with Crippen molar-refractivity contribution in [3.05, 3.63) is 105 Å². The summed E-state index contributed by atoms with van der Waals surface area (Å²) in [5.41, 5.74) is 3.10. The first kappa shape index (κ1) is 26.4. The Morgan fingerprint density at radius 2 is 1.21 bits per heavy atom. The van der Waals surface area contributed by atoms with Crippen molar-refractivity contribution in [1.82, 2.24) is 0 Å². The summed E-state index contributed by atoms with van der Waals surface area (Å²) in [5.74, 6) is 0. The molecule has 0 fully saturated rings. The Labute approximate surface area is 152 Å². The summed E-state index contributed by atoms with van der Waals surface area (Å²) in [5, 5.41) is 3.23. The normalized spacial score (nSPS) is 7.58. The molecule has 0 radical (unpaired) electrons. The fraction of sp³-hybridized carbons (Fsp3) is 0. The van der Waals surface area contributed by atoms with Crippen molar-refractivity contribution in [2.45, 2.75) is 0 Å². The summed E-state index contributed by atoms with van der Waals surface area (Å²) in [6.45, 7) is 17.5. The van der Waals surface area contributed by atoms with Gasteiger partial charge in [-0.05, 0) is 23.8 Å². The Kier molecular flexibility index (Phi) is 22.5. The molecular weight excluding hydrogens is 346 g/mol. The van der Waals surface area contributed by atoms with Gasteiger partial charge in [0.05, 0.1) is 0 Å². The summed E-state index contributed by atoms with van der Waals surface area (Å²) < 4.78 is 22.5. The molecule has 0 heterocycles. The summed E-state index contributed by atoms with van der Waals surface area (Å²) in [7, 11) is 0. The van der Waals surface area contributed by atoms with E-state index < -0.39 is 0 Å². The van der Waals surface area contributed by atoms with Crippen molar-refractivity contribution in [3.8, 4) is 0 Å². The molecule has 4 nitrogen and oxygen atoms in total. The van der Waals surface area contributed by atoms with Crippen LogP contribution in [-0.2, 0) is 31.0 Å². The molecule has 0 saturated carbocycles. The molecule has 0 aliphatic heterocycles. The first-order chi connectivity index (χ1) is 11.3. The third-order valence-electron chi connectivity index (χ3n) is 2.36. The van der Waals surface area contributed by atoms with E-state index >= 15 is 0 Å². The van der Waals surface area contributed by atoms with E-state index in [2.05, 4.69) is 44.0 Å². The fourth-order valence-electron chi connectivity index (χ4n) is 1.51. The van der Waals surface area contributed by atoms with Crippen LogP contribution in [0.25, 0.3) is 6.08 Å². The van der Waals surface area contributed by atoms with Crippen LogP contribution < -0.4 is 5.32 Å². The summed E-state index contributed by atoms with van der Waals surface area (Å²) in [6, 6.07) is 20.2. The van der Waals surface area contributed by atoms with Crippen molar-refractivity contribution in [2.75, 3.05) is 5.32 Å². The molecule has 0 aliphatic rings. The Bertz CT molecular complexity index is 618. The van der Waals surface area contributed by atoms with Crippen LogP contribution in [0.3, 0.4) is 0 Å². The van der Waals surface area contributed by atoms with Gasteiger partial charge in [-0.25, -0.2) is 0 Å². The van der Waals surface area contributed by atoms with E-state index in [0.29, 0.717) is 0 Å². The third kappa shape index (κ3) is 13.1. The standard InChI is InChI=1S/C16H15N.3CO.Fe/c1-14(17-16-10-6-3-7-11-16)12-13-15-8-4-2-5-9-15;3*1-2;/h2-13,17H,1H2;;;;/b13-12+;;;;. The van der Waals surface area contributed by atoms with Crippen LogP contribution in [0.15, 0.2) is 79.0 Å². The summed E-state index contributed by atoms with van der Waals surface area (Å²) in [4.78, 5) is 0. The number of para-hydroxylation sites is 1. The molecular formula is C19H15FeNO3. The molecule has 1 N–H and O–H groups in total. The van der Waals surface area contributed by atoms with E-state index in [4.69, 9.17) is 14.0 Å². The number of nitrogens with one attached hydrogen (secondary N) is 1. The van der Waals surface area contributed by atoms with Gasteiger partial charge in [-0.2, -0.15) is 0 Å². The van der Waals surface area contributed by atoms with Gasteiger partial charge in [-0.3, -0.25) is 0 Å². The number of rotatable bonds is 4. The largest absolute Gasteiger partial charge is 0 e. The second-order valence-corrected chi connectivity index (χ2v) is 3.76. The predicted molar refractivity (Wildman–Crippen MR) is 86.5 cm³/mol. The van der Waals surface area contributed by atoms with E-state index in [9.17, 15) is 0 Å². The van der Waals surface area contributed by atoms with Crippen LogP contribution in [0, 0.1) is 20.0 Å². The maximum Gasteiger partial charge on any atom is 0 e. The maximum atomic E-state index is 7.50. The Morgan fingerprint density at radius 3 is 1.67 bits per heavy atom. The second-order valence-electron chi connectivity index (χ2n) is 3.76. The van der Waals surface area contributed by atoms with Gasteiger partial charge >= 0.3 is 33.9 Å².